The Hall–Kier alpha value is -2.49. The van der Waals surface area contributed by atoms with Crippen LogP contribution in [0.2, 0.25) is 5.02 Å². The Labute approximate surface area is 205 Å². The molecular formula is C24H29ClFN5O2S. The highest BCUT2D eigenvalue weighted by Crippen LogP contribution is 2.36. The lowest BCUT2D eigenvalue weighted by atomic mass is 9.87. The zero-order valence-electron chi connectivity index (χ0n) is 20.0. The maximum absolute atomic E-state index is 14.5. The van der Waals surface area contributed by atoms with E-state index in [4.69, 9.17) is 11.6 Å². The first-order valence-corrected chi connectivity index (χ1v) is 12.9. The lowest BCUT2D eigenvalue weighted by Crippen LogP contribution is -2.37. The highest BCUT2D eigenvalue weighted by atomic mass is 35.5. The van der Waals surface area contributed by atoms with Gasteiger partial charge in [0.15, 0.2) is 5.82 Å². The number of halogens is 2. The lowest BCUT2D eigenvalue weighted by molar-refractivity contribution is 0.166. The summed E-state index contributed by atoms with van der Waals surface area (Å²) in [7, 11) is -0.766. The van der Waals surface area contributed by atoms with Gasteiger partial charge in [0.1, 0.15) is 11.6 Å². The largest absolute Gasteiger partial charge is 0.313 e. The number of hydrogen-bond donors (Lipinski definition) is 0. The molecule has 0 unspecified atom stereocenters. The zero-order valence-corrected chi connectivity index (χ0v) is 21.6. The van der Waals surface area contributed by atoms with Gasteiger partial charge < -0.3 is 4.57 Å². The molecule has 1 aliphatic rings. The standard InChI is InChI=1S/C24H29ClFN5O2S/c1-24(2,3)16-7-9-17(10-8-16)34(32,33)30(5)21-14-20(26)19(25)13-18(21)23-28-27-22(29(23)4)15-31-11-6-12-31/h7-10,13-14H,6,11-12,15H2,1-5H3. The number of sulfonamides is 1. The summed E-state index contributed by atoms with van der Waals surface area (Å²) in [6.45, 7) is 8.82. The fraction of sp³-hybridized carbons (Fsp3) is 0.417. The van der Waals surface area contributed by atoms with Gasteiger partial charge in [-0.1, -0.05) is 44.5 Å². The lowest BCUT2D eigenvalue weighted by Gasteiger charge is -2.29. The van der Waals surface area contributed by atoms with Gasteiger partial charge in [0.2, 0.25) is 0 Å². The molecule has 0 aliphatic carbocycles. The van der Waals surface area contributed by atoms with Gasteiger partial charge in [-0.05, 0) is 48.7 Å². The Morgan fingerprint density at radius 3 is 2.32 bits per heavy atom. The van der Waals surface area contributed by atoms with Gasteiger partial charge in [-0.15, -0.1) is 10.2 Å². The van der Waals surface area contributed by atoms with Crippen molar-refractivity contribution in [2.75, 3.05) is 24.4 Å². The first-order valence-electron chi connectivity index (χ1n) is 11.1. The van der Waals surface area contributed by atoms with E-state index in [0.717, 1.165) is 41.3 Å². The van der Waals surface area contributed by atoms with Crippen LogP contribution in [0.4, 0.5) is 10.1 Å². The molecule has 2 aromatic carbocycles. The summed E-state index contributed by atoms with van der Waals surface area (Å²) in [4.78, 5) is 2.35. The van der Waals surface area contributed by atoms with Gasteiger partial charge in [-0.3, -0.25) is 9.21 Å². The molecule has 2 heterocycles. The normalized spacial score (nSPS) is 14.8. The summed E-state index contributed by atoms with van der Waals surface area (Å²) >= 11 is 6.10. The Bertz CT molecular complexity index is 1310. The molecule has 0 spiro atoms. The van der Waals surface area contributed by atoms with E-state index in [1.54, 1.807) is 28.8 Å². The van der Waals surface area contributed by atoms with Crippen LogP contribution in [0.25, 0.3) is 11.4 Å². The first-order chi connectivity index (χ1) is 15.9. The van der Waals surface area contributed by atoms with Crippen molar-refractivity contribution in [2.45, 2.75) is 44.0 Å². The molecule has 10 heteroatoms. The molecule has 0 radical (unpaired) electrons. The summed E-state index contributed by atoms with van der Waals surface area (Å²) in [5.74, 6) is 0.440. The van der Waals surface area contributed by atoms with E-state index in [2.05, 4.69) is 35.9 Å². The maximum atomic E-state index is 14.5. The molecule has 1 aliphatic heterocycles. The fourth-order valence-electron chi connectivity index (χ4n) is 3.86. The molecule has 0 atom stereocenters. The van der Waals surface area contributed by atoms with Crippen molar-refractivity contribution in [2.24, 2.45) is 7.05 Å². The molecule has 182 valence electrons. The van der Waals surface area contributed by atoms with Crippen molar-refractivity contribution in [1.29, 1.82) is 0 Å². The van der Waals surface area contributed by atoms with Gasteiger partial charge in [0.25, 0.3) is 10.0 Å². The zero-order chi connectivity index (χ0) is 24.8. The molecule has 0 bridgehead atoms. The van der Waals surface area contributed by atoms with Gasteiger partial charge in [-0.2, -0.15) is 0 Å². The van der Waals surface area contributed by atoms with Crippen molar-refractivity contribution in [1.82, 2.24) is 19.7 Å². The van der Waals surface area contributed by atoms with E-state index in [1.165, 1.54) is 13.1 Å². The maximum Gasteiger partial charge on any atom is 0.264 e. The van der Waals surface area contributed by atoms with Crippen LogP contribution < -0.4 is 4.31 Å². The monoisotopic (exact) mass is 505 g/mol. The number of benzene rings is 2. The minimum absolute atomic E-state index is 0.111. The average Bonchev–Trinajstić information content (AvgIpc) is 3.11. The highest BCUT2D eigenvalue weighted by Gasteiger charge is 2.28. The minimum atomic E-state index is -3.98. The molecule has 0 saturated carbocycles. The van der Waals surface area contributed by atoms with Crippen LogP contribution >= 0.6 is 11.6 Å². The van der Waals surface area contributed by atoms with Crippen molar-refractivity contribution in [3.63, 3.8) is 0 Å². The summed E-state index contributed by atoms with van der Waals surface area (Å²) < 4.78 is 44.4. The predicted octanol–water partition coefficient (Wildman–Crippen LogP) is 4.60. The molecule has 7 nitrogen and oxygen atoms in total. The quantitative estimate of drug-likeness (QED) is 0.489. The predicted molar refractivity (Wildman–Crippen MR) is 132 cm³/mol. The third-order valence-corrected chi connectivity index (χ3v) is 8.35. The fourth-order valence-corrected chi connectivity index (χ4v) is 5.23. The van der Waals surface area contributed by atoms with Crippen molar-refractivity contribution in [3.8, 4) is 11.4 Å². The molecule has 1 saturated heterocycles. The van der Waals surface area contributed by atoms with Gasteiger partial charge in [0.05, 0.1) is 22.2 Å². The van der Waals surface area contributed by atoms with Crippen molar-refractivity contribution in [3.05, 3.63) is 58.6 Å². The van der Waals surface area contributed by atoms with Gasteiger partial charge in [-0.25, -0.2) is 12.8 Å². The summed E-state index contributed by atoms with van der Waals surface area (Å²) in [5, 5.41) is 8.46. The smallest absolute Gasteiger partial charge is 0.264 e. The van der Waals surface area contributed by atoms with Crippen LogP contribution in [0.15, 0.2) is 41.3 Å². The van der Waals surface area contributed by atoms with Crippen LogP contribution in [0, 0.1) is 5.82 Å². The molecule has 0 amide bonds. The molecule has 3 aromatic rings. The minimum Gasteiger partial charge on any atom is -0.313 e. The second kappa shape index (κ2) is 8.94. The number of rotatable bonds is 6. The third-order valence-electron chi connectivity index (χ3n) is 6.28. The Balaban J connectivity index is 1.75. The van der Waals surface area contributed by atoms with Crippen molar-refractivity contribution < 1.29 is 12.8 Å². The van der Waals surface area contributed by atoms with E-state index >= 15 is 0 Å². The molecule has 1 fully saturated rings. The van der Waals surface area contributed by atoms with E-state index < -0.39 is 15.8 Å². The second-order valence-corrected chi connectivity index (χ2v) is 12.0. The Morgan fingerprint density at radius 2 is 1.76 bits per heavy atom. The Morgan fingerprint density at radius 1 is 1.12 bits per heavy atom. The van der Waals surface area contributed by atoms with E-state index in [1.807, 2.05) is 7.05 Å². The average molecular weight is 506 g/mol. The van der Waals surface area contributed by atoms with Crippen LogP contribution in [0.3, 0.4) is 0 Å². The summed E-state index contributed by atoms with van der Waals surface area (Å²) in [5.41, 5.74) is 1.42. The van der Waals surface area contributed by atoms with Crippen molar-refractivity contribution >= 4 is 27.3 Å². The van der Waals surface area contributed by atoms with E-state index in [0.29, 0.717) is 17.9 Å². The Kier molecular flexibility index (Phi) is 6.48. The van der Waals surface area contributed by atoms with E-state index in [9.17, 15) is 12.8 Å². The first kappa shape index (κ1) is 24.6. The number of aromatic nitrogens is 3. The SMILES string of the molecule is CN(c1cc(F)c(Cl)cc1-c1nnc(CN2CCC2)n1C)S(=O)(=O)c1ccc(C(C)(C)C)cc1. The summed E-state index contributed by atoms with van der Waals surface area (Å²) in [6, 6.07) is 9.28. The molecular weight excluding hydrogens is 477 g/mol. The number of likely N-dealkylation sites (tertiary alicyclic amines) is 1. The topological polar surface area (TPSA) is 71.3 Å². The molecule has 4 rings (SSSR count). The molecule has 1 aromatic heterocycles. The molecule has 0 N–H and O–H groups in total. The van der Waals surface area contributed by atoms with Crippen LogP contribution in [0.5, 0.6) is 0 Å². The summed E-state index contributed by atoms with van der Waals surface area (Å²) in [6.07, 6.45) is 1.15. The number of hydrogen-bond acceptors (Lipinski definition) is 5. The van der Waals surface area contributed by atoms with Gasteiger partial charge in [0, 0.05) is 25.7 Å². The highest BCUT2D eigenvalue weighted by molar-refractivity contribution is 7.92. The third kappa shape index (κ3) is 4.56. The van der Waals surface area contributed by atoms with Crippen LogP contribution in [-0.2, 0) is 29.0 Å². The van der Waals surface area contributed by atoms with E-state index in [-0.39, 0.29) is 21.0 Å². The number of nitrogens with zero attached hydrogens (tertiary/aromatic N) is 5. The molecule has 34 heavy (non-hydrogen) atoms. The second-order valence-electron chi connectivity index (χ2n) is 9.66. The van der Waals surface area contributed by atoms with Gasteiger partial charge >= 0.3 is 0 Å². The van der Waals surface area contributed by atoms with Crippen LogP contribution in [0.1, 0.15) is 38.6 Å². The number of anilines is 1. The van der Waals surface area contributed by atoms with Crippen LogP contribution in [-0.4, -0.2) is 48.2 Å².